The number of nitrogens with one attached hydrogen (secondary N) is 1. The zero-order valence-electron chi connectivity index (χ0n) is 13.7. The molecule has 3 aromatic rings. The number of anilines is 1. The minimum Gasteiger partial charge on any atom is -0.494 e. The van der Waals surface area contributed by atoms with Crippen molar-refractivity contribution in [1.29, 1.82) is 0 Å². The first-order valence-electron chi connectivity index (χ1n) is 7.56. The third-order valence-electron chi connectivity index (χ3n) is 3.72. The second-order valence-electron chi connectivity index (χ2n) is 5.36. The van der Waals surface area contributed by atoms with E-state index in [1.165, 1.54) is 29.9 Å². The number of para-hydroxylation sites is 2. The Balaban J connectivity index is 1.88. The van der Waals surface area contributed by atoms with Crippen LogP contribution in [0.1, 0.15) is 0 Å². The van der Waals surface area contributed by atoms with Crippen LogP contribution < -0.4 is 15.6 Å². The largest absolute Gasteiger partial charge is 0.494 e. The van der Waals surface area contributed by atoms with Crippen molar-refractivity contribution in [2.75, 3.05) is 12.4 Å². The Kier molecular flexibility index (Phi) is 4.61. The number of non-ortho nitro benzene ring substituents is 1. The second-order valence-corrected chi connectivity index (χ2v) is 5.36. The Morgan fingerprint density at radius 3 is 2.81 bits per heavy atom. The number of fused-ring (bicyclic) bond motifs is 1. The molecule has 3 rings (SSSR count). The van der Waals surface area contributed by atoms with Crippen LogP contribution >= 0.6 is 0 Å². The fraction of sp³-hybridized carbons (Fsp3) is 0.118. The first-order valence-corrected chi connectivity index (χ1v) is 7.56. The maximum absolute atomic E-state index is 12.4. The highest BCUT2D eigenvalue weighted by atomic mass is 16.6. The summed E-state index contributed by atoms with van der Waals surface area (Å²) < 4.78 is 6.38. The molecule has 0 aliphatic rings. The standard InChI is InChI=1S/C17H14N4O5/c1-26-15-8-11(21(24)25)6-7-13(15)19-16(22)10-20-14-5-3-2-4-12(14)18-9-17(20)23/h2-9H,10H2,1H3,(H,19,22). The topological polar surface area (TPSA) is 116 Å². The van der Waals surface area contributed by atoms with Gasteiger partial charge in [-0.3, -0.25) is 24.3 Å². The van der Waals surface area contributed by atoms with Crippen molar-refractivity contribution < 1.29 is 14.5 Å². The SMILES string of the molecule is COc1cc([N+](=O)[O-])ccc1NC(=O)Cn1c(=O)cnc2ccccc21. The molecule has 9 nitrogen and oxygen atoms in total. The number of carbonyl (C=O) groups is 1. The molecule has 9 heteroatoms. The molecule has 0 saturated carbocycles. The number of benzene rings is 2. The molecule has 1 aromatic heterocycles. The number of aromatic nitrogens is 2. The molecule has 0 saturated heterocycles. The molecule has 0 fully saturated rings. The Labute approximate surface area is 147 Å². The van der Waals surface area contributed by atoms with Crippen molar-refractivity contribution in [2.24, 2.45) is 0 Å². The number of hydrogen-bond acceptors (Lipinski definition) is 6. The van der Waals surface area contributed by atoms with Crippen molar-refractivity contribution >= 4 is 28.3 Å². The van der Waals surface area contributed by atoms with Crippen LogP contribution in [0.5, 0.6) is 5.75 Å². The summed E-state index contributed by atoms with van der Waals surface area (Å²) in [6.45, 7) is -0.234. The maximum atomic E-state index is 12.4. The van der Waals surface area contributed by atoms with E-state index in [9.17, 15) is 19.7 Å². The summed E-state index contributed by atoms with van der Waals surface area (Å²) in [5.74, 6) is -0.324. The average molecular weight is 354 g/mol. The molecule has 0 aliphatic carbocycles. The number of nitro benzene ring substituents is 1. The van der Waals surface area contributed by atoms with Gasteiger partial charge in [0.15, 0.2) is 0 Å². The molecule has 0 unspecified atom stereocenters. The number of ether oxygens (including phenoxy) is 1. The lowest BCUT2D eigenvalue weighted by molar-refractivity contribution is -0.384. The van der Waals surface area contributed by atoms with Gasteiger partial charge < -0.3 is 10.1 Å². The van der Waals surface area contributed by atoms with Gasteiger partial charge in [0, 0.05) is 6.07 Å². The molecule has 132 valence electrons. The van der Waals surface area contributed by atoms with Crippen LogP contribution in [-0.4, -0.2) is 27.5 Å². The lowest BCUT2D eigenvalue weighted by atomic mass is 10.2. The normalized spacial score (nSPS) is 10.5. The minimum atomic E-state index is -0.559. The van der Waals surface area contributed by atoms with Crippen LogP contribution in [0.3, 0.4) is 0 Å². The maximum Gasteiger partial charge on any atom is 0.273 e. The van der Waals surface area contributed by atoms with Crippen molar-refractivity contribution in [3.05, 3.63) is 69.1 Å². The summed E-state index contributed by atoms with van der Waals surface area (Å²) in [5, 5.41) is 13.4. The van der Waals surface area contributed by atoms with E-state index < -0.39 is 16.4 Å². The zero-order chi connectivity index (χ0) is 18.7. The Morgan fingerprint density at radius 1 is 1.31 bits per heavy atom. The first-order chi connectivity index (χ1) is 12.5. The highest BCUT2D eigenvalue weighted by Gasteiger charge is 2.14. The lowest BCUT2D eigenvalue weighted by Gasteiger charge is -2.12. The number of nitrogens with zero attached hydrogens (tertiary/aromatic N) is 3. The van der Waals surface area contributed by atoms with Gasteiger partial charge >= 0.3 is 0 Å². The van der Waals surface area contributed by atoms with Crippen LogP contribution in [-0.2, 0) is 11.3 Å². The predicted molar refractivity (Wildman–Crippen MR) is 94.3 cm³/mol. The number of carbonyl (C=O) groups excluding carboxylic acids is 1. The van der Waals surface area contributed by atoms with Crippen LogP contribution in [0.15, 0.2) is 53.5 Å². The van der Waals surface area contributed by atoms with E-state index in [-0.39, 0.29) is 23.7 Å². The van der Waals surface area contributed by atoms with E-state index in [1.54, 1.807) is 24.3 Å². The van der Waals surface area contributed by atoms with Gasteiger partial charge in [-0.15, -0.1) is 0 Å². The number of rotatable bonds is 5. The molecule has 0 bridgehead atoms. The molecular weight excluding hydrogens is 340 g/mol. The zero-order valence-corrected chi connectivity index (χ0v) is 13.7. The van der Waals surface area contributed by atoms with E-state index in [0.29, 0.717) is 11.0 Å². The summed E-state index contributed by atoms with van der Waals surface area (Å²) in [6, 6.07) is 10.8. The summed E-state index contributed by atoms with van der Waals surface area (Å²) >= 11 is 0. The van der Waals surface area contributed by atoms with Crippen LogP contribution in [0.2, 0.25) is 0 Å². The fourth-order valence-electron chi connectivity index (χ4n) is 2.51. The van der Waals surface area contributed by atoms with Crippen LogP contribution in [0.4, 0.5) is 11.4 Å². The van der Waals surface area contributed by atoms with Crippen LogP contribution in [0.25, 0.3) is 11.0 Å². The molecule has 26 heavy (non-hydrogen) atoms. The molecule has 0 aliphatic heterocycles. The lowest BCUT2D eigenvalue weighted by Crippen LogP contribution is -2.28. The highest BCUT2D eigenvalue weighted by molar-refractivity contribution is 5.93. The summed E-state index contributed by atoms with van der Waals surface area (Å²) in [4.78, 5) is 38.8. The van der Waals surface area contributed by atoms with E-state index in [0.717, 1.165) is 6.20 Å². The van der Waals surface area contributed by atoms with Gasteiger partial charge in [-0.25, -0.2) is 4.98 Å². The van der Waals surface area contributed by atoms with Gasteiger partial charge in [-0.05, 0) is 18.2 Å². The quantitative estimate of drug-likeness (QED) is 0.553. The van der Waals surface area contributed by atoms with E-state index >= 15 is 0 Å². The monoisotopic (exact) mass is 354 g/mol. The Bertz CT molecular complexity index is 1060. The third-order valence-corrected chi connectivity index (χ3v) is 3.72. The number of amides is 1. The van der Waals surface area contributed by atoms with Crippen molar-refractivity contribution in [2.45, 2.75) is 6.54 Å². The summed E-state index contributed by atoms with van der Waals surface area (Å²) in [7, 11) is 1.34. The second kappa shape index (κ2) is 7.01. The molecule has 1 N–H and O–H groups in total. The smallest absolute Gasteiger partial charge is 0.273 e. The minimum absolute atomic E-state index is 0.152. The molecule has 1 heterocycles. The molecular formula is C17H14N4O5. The fourth-order valence-corrected chi connectivity index (χ4v) is 2.51. The van der Waals surface area contributed by atoms with Gasteiger partial charge in [0.2, 0.25) is 5.91 Å². The van der Waals surface area contributed by atoms with Gasteiger partial charge in [0.25, 0.3) is 11.2 Å². The number of hydrogen-bond donors (Lipinski definition) is 1. The number of nitro groups is 1. The van der Waals surface area contributed by atoms with E-state index in [2.05, 4.69) is 10.3 Å². The molecule has 0 spiro atoms. The van der Waals surface area contributed by atoms with Gasteiger partial charge in [-0.2, -0.15) is 0 Å². The average Bonchev–Trinajstić information content (AvgIpc) is 2.64. The first kappa shape index (κ1) is 17.1. The Morgan fingerprint density at radius 2 is 2.08 bits per heavy atom. The van der Waals surface area contributed by atoms with Gasteiger partial charge in [0.05, 0.1) is 41.0 Å². The summed E-state index contributed by atoms with van der Waals surface area (Å²) in [6.07, 6.45) is 1.15. The highest BCUT2D eigenvalue weighted by Crippen LogP contribution is 2.29. The Hall–Kier alpha value is -3.75. The molecule has 0 atom stereocenters. The molecule has 1 amide bonds. The van der Waals surface area contributed by atoms with Crippen molar-refractivity contribution in [3.63, 3.8) is 0 Å². The van der Waals surface area contributed by atoms with Gasteiger partial charge in [-0.1, -0.05) is 12.1 Å². The summed E-state index contributed by atoms with van der Waals surface area (Å²) in [5.41, 5.74) is 0.832. The molecule has 2 aromatic carbocycles. The number of methoxy groups -OCH3 is 1. The van der Waals surface area contributed by atoms with Crippen LogP contribution in [0, 0.1) is 10.1 Å². The molecule has 0 radical (unpaired) electrons. The van der Waals surface area contributed by atoms with Crippen molar-refractivity contribution in [1.82, 2.24) is 9.55 Å². The van der Waals surface area contributed by atoms with Crippen molar-refractivity contribution in [3.8, 4) is 5.75 Å². The predicted octanol–water partition coefficient (Wildman–Crippen LogP) is 1.95. The van der Waals surface area contributed by atoms with E-state index in [1.807, 2.05) is 0 Å². The van der Waals surface area contributed by atoms with Gasteiger partial charge in [0.1, 0.15) is 12.3 Å². The third kappa shape index (κ3) is 3.36. The van der Waals surface area contributed by atoms with E-state index in [4.69, 9.17) is 4.74 Å².